The Morgan fingerprint density at radius 2 is 1.76 bits per heavy atom. The van der Waals surface area contributed by atoms with Crippen LogP contribution in [0, 0.1) is 11.8 Å². The van der Waals surface area contributed by atoms with E-state index < -0.39 is 29.8 Å². The number of carboxylic acid groups (broad SMARTS) is 2. The van der Waals surface area contributed by atoms with Crippen LogP contribution in [0.1, 0.15) is 13.3 Å². The van der Waals surface area contributed by atoms with E-state index in [0.717, 1.165) is 0 Å². The molecule has 17 heavy (non-hydrogen) atoms. The number of nitrogens with zero attached hydrogens (tertiary/aromatic N) is 1. The summed E-state index contributed by atoms with van der Waals surface area (Å²) in [5.41, 5.74) is 5.43. The fourth-order valence-corrected chi connectivity index (χ4v) is 1.99. The van der Waals surface area contributed by atoms with Gasteiger partial charge >= 0.3 is 11.9 Å². The Bertz CT molecular complexity index is 342. The summed E-state index contributed by atoms with van der Waals surface area (Å²) >= 11 is 0. The second-order valence-corrected chi connectivity index (χ2v) is 4.25. The first kappa shape index (κ1) is 13.4. The van der Waals surface area contributed by atoms with Crippen molar-refractivity contribution < 1.29 is 24.6 Å². The number of amides is 1. The predicted octanol–water partition coefficient (Wildman–Crippen LogP) is -1.03. The molecule has 1 aliphatic rings. The molecule has 0 spiro atoms. The fourth-order valence-electron chi connectivity index (χ4n) is 1.99. The first-order chi connectivity index (χ1) is 7.84. The summed E-state index contributed by atoms with van der Waals surface area (Å²) in [7, 11) is 0. The highest BCUT2D eigenvalue weighted by Crippen LogP contribution is 2.24. The maximum atomic E-state index is 11.6. The number of carboxylic acids is 2. The molecule has 1 aliphatic heterocycles. The van der Waals surface area contributed by atoms with E-state index in [1.165, 1.54) is 11.8 Å². The molecule has 1 saturated heterocycles. The number of carbonyl (C=O) groups is 3. The van der Waals surface area contributed by atoms with Gasteiger partial charge in [0.15, 0.2) is 0 Å². The molecule has 0 aromatic carbocycles. The molecule has 0 aromatic heterocycles. The monoisotopic (exact) mass is 244 g/mol. The van der Waals surface area contributed by atoms with Crippen molar-refractivity contribution in [3.63, 3.8) is 0 Å². The second kappa shape index (κ2) is 5.13. The Balaban J connectivity index is 2.79. The van der Waals surface area contributed by atoms with Crippen LogP contribution in [0.2, 0.25) is 0 Å². The Kier molecular flexibility index (Phi) is 4.06. The van der Waals surface area contributed by atoms with Gasteiger partial charge in [-0.2, -0.15) is 0 Å². The van der Waals surface area contributed by atoms with Crippen molar-refractivity contribution >= 4 is 17.8 Å². The van der Waals surface area contributed by atoms with Crippen LogP contribution in [0.15, 0.2) is 0 Å². The highest BCUT2D eigenvalue weighted by molar-refractivity contribution is 5.84. The van der Waals surface area contributed by atoms with E-state index in [0.29, 0.717) is 0 Å². The van der Waals surface area contributed by atoms with E-state index >= 15 is 0 Å². The number of hydrogen-bond acceptors (Lipinski definition) is 4. The summed E-state index contributed by atoms with van der Waals surface area (Å²) < 4.78 is 0. The predicted molar refractivity (Wildman–Crippen MR) is 57.1 cm³/mol. The minimum atomic E-state index is -1.19. The SMILES string of the molecule is C[C@H](N)C(=O)N1CCC(C(=O)O)C(C(=O)O)C1. The summed E-state index contributed by atoms with van der Waals surface area (Å²) in [6, 6.07) is -0.703. The van der Waals surface area contributed by atoms with Crippen LogP contribution >= 0.6 is 0 Å². The molecule has 0 aromatic rings. The smallest absolute Gasteiger partial charge is 0.309 e. The van der Waals surface area contributed by atoms with E-state index in [-0.39, 0.29) is 25.4 Å². The summed E-state index contributed by atoms with van der Waals surface area (Å²) in [6.45, 7) is 1.66. The molecule has 0 bridgehead atoms. The second-order valence-electron chi connectivity index (χ2n) is 4.25. The van der Waals surface area contributed by atoms with Gasteiger partial charge in [0.25, 0.3) is 0 Å². The number of piperidine rings is 1. The van der Waals surface area contributed by atoms with E-state index in [2.05, 4.69) is 0 Å². The highest BCUT2D eigenvalue weighted by Gasteiger charge is 2.40. The van der Waals surface area contributed by atoms with Gasteiger partial charge in [0, 0.05) is 13.1 Å². The van der Waals surface area contributed by atoms with Crippen LogP contribution in [0.25, 0.3) is 0 Å². The standard InChI is InChI=1S/C10H16N2O5/c1-5(11)8(13)12-3-2-6(9(14)15)7(4-12)10(16)17/h5-7H,2-4,11H2,1H3,(H,14,15)(H,16,17)/t5-,6?,7?/m0/s1. The molecule has 96 valence electrons. The Morgan fingerprint density at radius 1 is 1.24 bits per heavy atom. The zero-order chi connectivity index (χ0) is 13.2. The lowest BCUT2D eigenvalue weighted by molar-refractivity contribution is -0.159. The lowest BCUT2D eigenvalue weighted by Crippen LogP contribution is -2.52. The van der Waals surface area contributed by atoms with Gasteiger partial charge in [-0.05, 0) is 13.3 Å². The van der Waals surface area contributed by atoms with E-state index in [9.17, 15) is 14.4 Å². The van der Waals surface area contributed by atoms with Crippen molar-refractivity contribution in [1.29, 1.82) is 0 Å². The Labute approximate surface area is 98.2 Å². The molecule has 2 unspecified atom stereocenters. The molecular formula is C10H16N2O5. The van der Waals surface area contributed by atoms with Gasteiger partial charge in [0.1, 0.15) is 0 Å². The quantitative estimate of drug-likeness (QED) is 0.583. The van der Waals surface area contributed by atoms with Crippen LogP contribution in [0.5, 0.6) is 0 Å². The van der Waals surface area contributed by atoms with Crippen LogP contribution in [-0.4, -0.2) is 52.1 Å². The van der Waals surface area contributed by atoms with Crippen LogP contribution in [0.4, 0.5) is 0 Å². The molecule has 0 aliphatic carbocycles. The van der Waals surface area contributed by atoms with Crippen LogP contribution in [0.3, 0.4) is 0 Å². The van der Waals surface area contributed by atoms with Crippen LogP contribution in [-0.2, 0) is 14.4 Å². The molecule has 1 heterocycles. The third-order valence-corrected chi connectivity index (χ3v) is 2.95. The number of nitrogens with two attached hydrogens (primary N) is 1. The van der Waals surface area contributed by atoms with Crippen molar-refractivity contribution in [3.05, 3.63) is 0 Å². The zero-order valence-electron chi connectivity index (χ0n) is 9.50. The van der Waals surface area contributed by atoms with E-state index in [1.807, 2.05) is 0 Å². The fraction of sp³-hybridized carbons (Fsp3) is 0.700. The van der Waals surface area contributed by atoms with Crippen molar-refractivity contribution in [3.8, 4) is 0 Å². The van der Waals surface area contributed by atoms with Crippen LogP contribution < -0.4 is 5.73 Å². The lowest BCUT2D eigenvalue weighted by atomic mass is 9.85. The summed E-state index contributed by atoms with van der Waals surface area (Å²) in [4.78, 5) is 34.8. The average molecular weight is 244 g/mol. The molecule has 1 fully saturated rings. The minimum Gasteiger partial charge on any atom is -0.481 e. The molecule has 1 amide bonds. The molecule has 4 N–H and O–H groups in total. The molecule has 1 rings (SSSR count). The van der Waals surface area contributed by atoms with E-state index in [1.54, 1.807) is 0 Å². The summed E-state index contributed by atoms with van der Waals surface area (Å²) in [5, 5.41) is 17.9. The number of hydrogen-bond donors (Lipinski definition) is 3. The molecular weight excluding hydrogens is 228 g/mol. The molecule has 7 heteroatoms. The first-order valence-electron chi connectivity index (χ1n) is 5.34. The van der Waals surface area contributed by atoms with Crippen molar-refractivity contribution in [2.45, 2.75) is 19.4 Å². The third-order valence-electron chi connectivity index (χ3n) is 2.95. The highest BCUT2D eigenvalue weighted by atomic mass is 16.4. The first-order valence-corrected chi connectivity index (χ1v) is 5.34. The van der Waals surface area contributed by atoms with Gasteiger partial charge in [-0.1, -0.05) is 0 Å². The summed E-state index contributed by atoms with van der Waals surface area (Å²) in [5.74, 6) is -4.68. The normalized spacial score (nSPS) is 26.4. The van der Waals surface area contributed by atoms with Crippen molar-refractivity contribution in [1.82, 2.24) is 4.90 Å². The third kappa shape index (κ3) is 2.94. The van der Waals surface area contributed by atoms with Crippen molar-refractivity contribution in [2.24, 2.45) is 17.6 Å². The topological polar surface area (TPSA) is 121 Å². The van der Waals surface area contributed by atoms with Gasteiger partial charge in [-0.25, -0.2) is 0 Å². The zero-order valence-corrected chi connectivity index (χ0v) is 9.50. The molecule has 0 saturated carbocycles. The molecule has 3 atom stereocenters. The largest absolute Gasteiger partial charge is 0.481 e. The average Bonchev–Trinajstić information content (AvgIpc) is 2.26. The number of aliphatic carboxylic acids is 2. The van der Waals surface area contributed by atoms with Gasteiger partial charge in [0.05, 0.1) is 17.9 Å². The maximum absolute atomic E-state index is 11.6. The Morgan fingerprint density at radius 3 is 2.18 bits per heavy atom. The summed E-state index contributed by atoms with van der Waals surface area (Å²) in [6.07, 6.45) is 0.144. The molecule has 7 nitrogen and oxygen atoms in total. The number of carbonyl (C=O) groups excluding carboxylic acids is 1. The number of rotatable bonds is 3. The van der Waals surface area contributed by atoms with Gasteiger partial charge in [-0.3, -0.25) is 14.4 Å². The lowest BCUT2D eigenvalue weighted by Gasteiger charge is -2.35. The maximum Gasteiger partial charge on any atom is 0.309 e. The van der Waals surface area contributed by atoms with Crippen molar-refractivity contribution in [2.75, 3.05) is 13.1 Å². The number of likely N-dealkylation sites (tertiary alicyclic amines) is 1. The molecule has 0 radical (unpaired) electrons. The van der Waals surface area contributed by atoms with Gasteiger partial charge in [-0.15, -0.1) is 0 Å². The van der Waals surface area contributed by atoms with E-state index in [4.69, 9.17) is 15.9 Å². The Hall–Kier alpha value is -1.63. The minimum absolute atomic E-state index is 0.0906. The van der Waals surface area contributed by atoms with Gasteiger partial charge < -0.3 is 20.8 Å². The van der Waals surface area contributed by atoms with Gasteiger partial charge in [0.2, 0.25) is 5.91 Å².